The van der Waals surface area contributed by atoms with Gasteiger partial charge in [0.1, 0.15) is 10.5 Å². The number of benzene rings is 1. The van der Waals surface area contributed by atoms with Crippen LogP contribution >= 0.6 is 11.6 Å². The van der Waals surface area contributed by atoms with E-state index in [4.69, 9.17) is 21.1 Å². The van der Waals surface area contributed by atoms with Crippen molar-refractivity contribution in [2.24, 2.45) is 0 Å². The molecule has 0 saturated heterocycles. The normalized spacial score (nSPS) is 10.5. The Morgan fingerprint density at radius 1 is 1.36 bits per heavy atom. The Bertz CT molecular complexity index is 467. The molecular formula is C9H9ClN2O2. The first-order valence-electron chi connectivity index (χ1n) is 4.01. The van der Waals surface area contributed by atoms with E-state index in [1.807, 2.05) is 0 Å². The zero-order valence-corrected chi connectivity index (χ0v) is 8.55. The van der Waals surface area contributed by atoms with Gasteiger partial charge in [0.15, 0.2) is 11.5 Å². The summed E-state index contributed by atoms with van der Waals surface area (Å²) in [4.78, 5) is 7.03. The predicted molar refractivity (Wildman–Crippen MR) is 54.2 cm³/mol. The Morgan fingerprint density at radius 2 is 2.14 bits per heavy atom. The smallest absolute Gasteiger partial charge is 0.181 e. The number of aromatic amines is 1. The van der Waals surface area contributed by atoms with Gasteiger partial charge in [-0.2, -0.15) is 0 Å². The molecule has 0 radical (unpaired) electrons. The molecule has 1 N–H and O–H groups in total. The van der Waals surface area contributed by atoms with Gasteiger partial charge in [-0.25, -0.2) is 4.98 Å². The number of nitrogens with one attached hydrogen (secondary N) is 1. The number of hydrogen-bond acceptors (Lipinski definition) is 3. The molecule has 4 nitrogen and oxygen atoms in total. The van der Waals surface area contributed by atoms with Gasteiger partial charge in [-0.1, -0.05) is 11.6 Å². The van der Waals surface area contributed by atoms with Crippen molar-refractivity contribution < 1.29 is 9.47 Å². The quantitative estimate of drug-likeness (QED) is 0.831. The molecule has 74 valence electrons. The van der Waals surface area contributed by atoms with Gasteiger partial charge in [0, 0.05) is 6.07 Å². The Kier molecular flexibility index (Phi) is 2.21. The summed E-state index contributed by atoms with van der Waals surface area (Å²) < 4.78 is 10.3. The summed E-state index contributed by atoms with van der Waals surface area (Å²) in [5.74, 6) is 1.10. The molecule has 1 heterocycles. The largest absolute Gasteiger partial charge is 0.493 e. The second-order valence-electron chi connectivity index (χ2n) is 2.72. The molecule has 5 heteroatoms. The lowest BCUT2D eigenvalue weighted by atomic mass is 10.2. The van der Waals surface area contributed by atoms with Crippen molar-refractivity contribution in [3.05, 3.63) is 17.4 Å². The highest BCUT2D eigenvalue weighted by molar-refractivity contribution is 6.36. The number of fused-ring (bicyclic) bond motifs is 1. The molecular weight excluding hydrogens is 204 g/mol. The average Bonchev–Trinajstić information content (AvgIpc) is 2.65. The number of methoxy groups -OCH3 is 2. The molecule has 0 aliphatic rings. The van der Waals surface area contributed by atoms with Gasteiger partial charge in [0.05, 0.1) is 26.1 Å². The third-order valence-corrected chi connectivity index (χ3v) is 2.35. The molecule has 0 atom stereocenters. The number of rotatable bonds is 2. The number of ether oxygens (including phenoxy) is 2. The molecule has 2 rings (SSSR count). The molecule has 0 fully saturated rings. The summed E-state index contributed by atoms with van der Waals surface area (Å²) in [6.07, 6.45) is 1.58. The van der Waals surface area contributed by atoms with E-state index in [-0.39, 0.29) is 0 Å². The monoisotopic (exact) mass is 212 g/mol. The van der Waals surface area contributed by atoms with E-state index in [1.165, 1.54) is 0 Å². The Morgan fingerprint density at radius 3 is 2.79 bits per heavy atom. The van der Waals surface area contributed by atoms with Crippen molar-refractivity contribution in [1.82, 2.24) is 9.97 Å². The number of halogens is 1. The van der Waals surface area contributed by atoms with Crippen LogP contribution in [0.5, 0.6) is 11.5 Å². The van der Waals surface area contributed by atoms with Crippen molar-refractivity contribution in [1.29, 1.82) is 0 Å². The fraction of sp³-hybridized carbons (Fsp3) is 0.222. The molecule has 2 aromatic rings. The third kappa shape index (κ3) is 1.19. The van der Waals surface area contributed by atoms with Gasteiger partial charge >= 0.3 is 0 Å². The summed E-state index contributed by atoms with van der Waals surface area (Å²) in [5, 5.41) is 0.461. The van der Waals surface area contributed by atoms with E-state index in [0.717, 1.165) is 5.52 Å². The van der Waals surface area contributed by atoms with E-state index in [9.17, 15) is 0 Å². The minimum Gasteiger partial charge on any atom is -0.493 e. The van der Waals surface area contributed by atoms with E-state index >= 15 is 0 Å². The first-order valence-corrected chi connectivity index (χ1v) is 4.39. The van der Waals surface area contributed by atoms with Gasteiger partial charge in [0.25, 0.3) is 0 Å². The molecule has 0 saturated carbocycles. The summed E-state index contributed by atoms with van der Waals surface area (Å²) in [5.41, 5.74) is 1.51. The molecule has 0 bridgehead atoms. The van der Waals surface area contributed by atoms with Gasteiger partial charge in [-0.05, 0) is 0 Å². The van der Waals surface area contributed by atoms with Crippen LogP contribution in [0.25, 0.3) is 11.0 Å². The summed E-state index contributed by atoms with van der Waals surface area (Å²) in [6, 6.07) is 1.80. The van der Waals surface area contributed by atoms with Crippen molar-refractivity contribution in [3.8, 4) is 11.5 Å². The highest BCUT2D eigenvalue weighted by atomic mass is 35.5. The minimum absolute atomic E-state index is 0.461. The van der Waals surface area contributed by atoms with Gasteiger partial charge < -0.3 is 14.5 Å². The topological polar surface area (TPSA) is 47.1 Å². The summed E-state index contributed by atoms with van der Waals surface area (Å²) in [6.45, 7) is 0. The lowest BCUT2D eigenvalue weighted by Gasteiger charge is -2.08. The molecule has 0 amide bonds. The zero-order chi connectivity index (χ0) is 10.1. The minimum atomic E-state index is 0.461. The van der Waals surface area contributed by atoms with E-state index in [0.29, 0.717) is 22.0 Å². The van der Waals surface area contributed by atoms with Gasteiger partial charge in [-0.15, -0.1) is 0 Å². The number of imidazole rings is 1. The number of nitrogens with zero attached hydrogens (tertiary/aromatic N) is 1. The van der Waals surface area contributed by atoms with Gasteiger partial charge in [-0.3, -0.25) is 0 Å². The molecule has 0 spiro atoms. The average molecular weight is 213 g/mol. The highest BCUT2D eigenvalue weighted by Crippen LogP contribution is 2.39. The van der Waals surface area contributed by atoms with Crippen molar-refractivity contribution in [2.75, 3.05) is 14.2 Å². The number of hydrogen-bond donors (Lipinski definition) is 1. The molecule has 0 aliphatic carbocycles. The lowest BCUT2D eigenvalue weighted by Crippen LogP contribution is -1.91. The first kappa shape index (κ1) is 9.15. The van der Waals surface area contributed by atoms with E-state index in [2.05, 4.69) is 9.97 Å². The maximum Gasteiger partial charge on any atom is 0.181 e. The molecule has 1 aromatic carbocycles. The second-order valence-corrected chi connectivity index (χ2v) is 3.10. The Hall–Kier alpha value is -1.42. The maximum atomic E-state index is 6.08. The molecule has 0 unspecified atom stereocenters. The highest BCUT2D eigenvalue weighted by Gasteiger charge is 2.14. The van der Waals surface area contributed by atoms with Crippen molar-refractivity contribution in [2.45, 2.75) is 0 Å². The van der Waals surface area contributed by atoms with Crippen molar-refractivity contribution in [3.63, 3.8) is 0 Å². The van der Waals surface area contributed by atoms with Crippen LogP contribution < -0.4 is 9.47 Å². The maximum absolute atomic E-state index is 6.08. The standard InChI is InChI=1S/C9H9ClN2O2/c1-13-6-3-5-8(12-4-11-5)7(10)9(6)14-2/h3-4H,1-2H3,(H,11,12). The van der Waals surface area contributed by atoms with Crippen LogP contribution in [0.4, 0.5) is 0 Å². The van der Waals surface area contributed by atoms with Crippen LogP contribution in [0.15, 0.2) is 12.4 Å². The number of aromatic nitrogens is 2. The van der Waals surface area contributed by atoms with Crippen LogP contribution in [-0.4, -0.2) is 24.2 Å². The fourth-order valence-corrected chi connectivity index (χ4v) is 1.66. The third-order valence-electron chi connectivity index (χ3n) is 2.00. The van der Waals surface area contributed by atoms with E-state index < -0.39 is 0 Å². The molecule has 14 heavy (non-hydrogen) atoms. The van der Waals surface area contributed by atoms with Crippen LogP contribution in [-0.2, 0) is 0 Å². The SMILES string of the molecule is COc1cc2[nH]cnc2c(Cl)c1OC. The first-order chi connectivity index (χ1) is 6.77. The van der Waals surface area contributed by atoms with Crippen LogP contribution in [0.2, 0.25) is 5.02 Å². The summed E-state index contributed by atoms with van der Waals surface area (Å²) in [7, 11) is 3.11. The van der Waals surface area contributed by atoms with Crippen LogP contribution in [0.1, 0.15) is 0 Å². The molecule has 1 aromatic heterocycles. The van der Waals surface area contributed by atoms with Crippen LogP contribution in [0.3, 0.4) is 0 Å². The Labute approximate surface area is 85.8 Å². The fourth-order valence-electron chi connectivity index (χ4n) is 1.34. The number of H-pyrrole nitrogens is 1. The van der Waals surface area contributed by atoms with Crippen LogP contribution in [0, 0.1) is 0 Å². The zero-order valence-electron chi connectivity index (χ0n) is 7.80. The second kappa shape index (κ2) is 3.38. The molecule has 0 aliphatic heterocycles. The van der Waals surface area contributed by atoms with Gasteiger partial charge in [0.2, 0.25) is 0 Å². The van der Waals surface area contributed by atoms with Crippen molar-refractivity contribution >= 4 is 22.6 Å². The Balaban J connectivity index is 2.79. The predicted octanol–water partition coefficient (Wildman–Crippen LogP) is 2.23. The summed E-state index contributed by atoms with van der Waals surface area (Å²) >= 11 is 6.08. The van der Waals surface area contributed by atoms with E-state index in [1.54, 1.807) is 26.6 Å². The lowest BCUT2D eigenvalue weighted by molar-refractivity contribution is 0.356.